The Morgan fingerprint density at radius 1 is 1.30 bits per heavy atom. The van der Waals surface area contributed by atoms with E-state index in [2.05, 4.69) is 15.6 Å². The van der Waals surface area contributed by atoms with Crippen LogP contribution in [0.5, 0.6) is 0 Å². The number of hydrogen-bond acceptors (Lipinski definition) is 5. The Balaban J connectivity index is 1.37. The molecular formula is C19H22FN3O3S. The summed E-state index contributed by atoms with van der Waals surface area (Å²) in [6.45, 7) is 2.04. The molecule has 1 fully saturated rings. The predicted octanol–water partition coefficient (Wildman–Crippen LogP) is 3.01. The highest BCUT2D eigenvalue weighted by molar-refractivity contribution is 7.14. The van der Waals surface area contributed by atoms with E-state index < -0.39 is 11.7 Å². The van der Waals surface area contributed by atoms with Gasteiger partial charge in [-0.25, -0.2) is 9.37 Å². The van der Waals surface area contributed by atoms with Crippen molar-refractivity contribution in [3.8, 4) is 0 Å². The van der Waals surface area contributed by atoms with Gasteiger partial charge in [0.2, 0.25) is 5.91 Å². The normalized spacial score (nSPS) is 13.4. The molecule has 0 aliphatic heterocycles. The highest BCUT2D eigenvalue weighted by Gasteiger charge is 2.20. The van der Waals surface area contributed by atoms with Crippen LogP contribution in [0.15, 0.2) is 29.6 Å². The van der Waals surface area contributed by atoms with Crippen molar-refractivity contribution in [2.45, 2.75) is 25.7 Å². The van der Waals surface area contributed by atoms with Crippen molar-refractivity contribution in [1.29, 1.82) is 0 Å². The number of halogens is 1. The van der Waals surface area contributed by atoms with Gasteiger partial charge >= 0.3 is 0 Å². The number of thiazole rings is 1. The Bertz CT molecular complexity index is 792. The van der Waals surface area contributed by atoms with Crippen molar-refractivity contribution in [2.75, 3.05) is 25.1 Å². The average Bonchev–Trinajstić information content (AvgIpc) is 3.37. The van der Waals surface area contributed by atoms with Crippen molar-refractivity contribution < 1.29 is 18.7 Å². The first-order valence-electron chi connectivity index (χ1n) is 8.96. The molecule has 1 aromatic carbocycles. The van der Waals surface area contributed by atoms with Gasteiger partial charge in [0.1, 0.15) is 5.82 Å². The number of aromatic nitrogens is 1. The first-order valence-corrected chi connectivity index (χ1v) is 9.84. The number of amides is 2. The minimum absolute atomic E-state index is 0.0455. The van der Waals surface area contributed by atoms with Gasteiger partial charge in [-0.3, -0.25) is 14.9 Å². The first-order chi connectivity index (χ1) is 13.1. The summed E-state index contributed by atoms with van der Waals surface area (Å²) in [7, 11) is 0. The Labute approximate surface area is 161 Å². The lowest BCUT2D eigenvalue weighted by Crippen LogP contribution is -2.27. The van der Waals surface area contributed by atoms with Gasteiger partial charge in [-0.2, -0.15) is 0 Å². The van der Waals surface area contributed by atoms with Crippen LogP contribution in [0.1, 0.15) is 35.3 Å². The van der Waals surface area contributed by atoms with E-state index in [1.807, 2.05) is 0 Å². The van der Waals surface area contributed by atoms with E-state index in [4.69, 9.17) is 4.74 Å². The maximum Gasteiger partial charge on any atom is 0.260 e. The summed E-state index contributed by atoms with van der Waals surface area (Å²) in [4.78, 5) is 28.2. The second-order valence-electron chi connectivity index (χ2n) is 6.48. The van der Waals surface area contributed by atoms with E-state index in [-0.39, 0.29) is 17.9 Å². The molecule has 2 amide bonds. The van der Waals surface area contributed by atoms with Crippen LogP contribution >= 0.6 is 11.3 Å². The molecule has 6 nitrogen and oxygen atoms in total. The number of carbonyl (C=O) groups is 2. The number of nitrogens with one attached hydrogen (secondary N) is 2. The molecule has 3 rings (SSSR count). The second-order valence-corrected chi connectivity index (χ2v) is 7.33. The molecule has 8 heteroatoms. The van der Waals surface area contributed by atoms with Crippen LogP contribution in [-0.2, 0) is 16.0 Å². The van der Waals surface area contributed by atoms with Gasteiger partial charge < -0.3 is 10.1 Å². The maximum atomic E-state index is 13.6. The van der Waals surface area contributed by atoms with Gasteiger partial charge in [0.15, 0.2) is 5.13 Å². The lowest BCUT2D eigenvalue weighted by atomic mass is 10.2. The highest BCUT2D eigenvalue weighted by Crippen LogP contribution is 2.28. The third-order valence-corrected chi connectivity index (χ3v) is 4.88. The van der Waals surface area contributed by atoms with Gasteiger partial charge in [-0.15, -0.1) is 11.3 Å². The van der Waals surface area contributed by atoms with E-state index in [9.17, 15) is 14.0 Å². The van der Waals surface area contributed by atoms with Crippen LogP contribution in [0.25, 0.3) is 0 Å². The standard InChI is InChI=1S/C19H22FN3O3S/c20-16-5-2-1-4-15(16)18(25)23-19-22-14(12-27-19)10-17(24)21-8-3-9-26-11-13-6-7-13/h1-2,4-5,12-13H,3,6-11H2,(H,21,24)(H,22,23,25). The van der Waals surface area contributed by atoms with Crippen LogP contribution in [-0.4, -0.2) is 36.6 Å². The lowest BCUT2D eigenvalue weighted by molar-refractivity contribution is -0.120. The second kappa shape index (κ2) is 9.57. The van der Waals surface area contributed by atoms with E-state index in [0.29, 0.717) is 24.0 Å². The van der Waals surface area contributed by atoms with E-state index in [1.54, 1.807) is 11.4 Å². The molecule has 0 radical (unpaired) electrons. The Morgan fingerprint density at radius 2 is 2.11 bits per heavy atom. The molecule has 144 valence electrons. The lowest BCUT2D eigenvalue weighted by Gasteiger charge is -2.05. The Morgan fingerprint density at radius 3 is 2.89 bits per heavy atom. The molecule has 1 heterocycles. The summed E-state index contributed by atoms with van der Waals surface area (Å²) in [5.74, 6) is -0.538. The molecule has 1 saturated carbocycles. The summed E-state index contributed by atoms with van der Waals surface area (Å²) in [5, 5.41) is 7.42. The molecule has 0 spiro atoms. The van der Waals surface area contributed by atoms with Gasteiger partial charge in [0.25, 0.3) is 5.91 Å². The van der Waals surface area contributed by atoms with Crippen LogP contribution in [0, 0.1) is 11.7 Å². The van der Waals surface area contributed by atoms with E-state index in [0.717, 1.165) is 18.9 Å². The monoisotopic (exact) mass is 391 g/mol. The Kier molecular flexibility index (Phi) is 6.89. The van der Waals surface area contributed by atoms with Gasteiger partial charge in [-0.1, -0.05) is 12.1 Å². The van der Waals surface area contributed by atoms with Crippen molar-refractivity contribution in [2.24, 2.45) is 5.92 Å². The fraction of sp³-hybridized carbons (Fsp3) is 0.421. The molecule has 0 atom stereocenters. The van der Waals surface area contributed by atoms with E-state index >= 15 is 0 Å². The molecule has 1 aliphatic carbocycles. The van der Waals surface area contributed by atoms with Crippen molar-refractivity contribution in [3.05, 3.63) is 46.7 Å². The van der Waals surface area contributed by atoms with E-state index in [1.165, 1.54) is 42.4 Å². The molecule has 0 bridgehead atoms. The number of anilines is 1. The Hall–Kier alpha value is -2.32. The topological polar surface area (TPSA) is 80.3 Å². The smallest absolute Gasteiger partial charge is 0.260 e. The molecule has 2 N–H and O–H groups in total. The number of nitrogens with zero attached hydrogens (tertiary/aromatic N) is 1. The van der Waals surface area contributed by atoms with Gasteiger partial charge in [0.05, 0.1) is 17.7 Å². The fourth-order valence-electron chi connectivity index (χ4n) is 2.42. The third-order valence-electron chi connectivity index (χ3n) is 4.07. The zero-order valence-corrected chi connectivity index (χ0v) is 15.7. The first kappa shape index (κ1) is 19.4. The highest BCUT2D eigenvalue weighted by atomic mass is 32.1. The number of carbonyl (C=O) groups excluding carboxylic acids is 2. The van der Waals surface area contributed by atoms with Crippen LogP contribution < -0.4 is 10.6 Å². The SMILES string of the molecule is O=C(Cc1csc(NC(=O)c2ccccc2F)n1)NCCCOCC1CC1. The summed E-state index contributed by atoms with van der Waals surface area (Å²) >= 11 is 1.20. The minimum atomic E-state index is -0.590. The van der Waals surface area contributed by atoms with Crippen LogP contribution in [0.2, 0.25) is 0 Å². The predicted molar refractivity (Wildman–Crippen MR) is 101 cm³/mol. The summed E-state index contributed by atoms with van der Waals surface area (Å²) in [6.07, 6.45) is 3.45. The molecule has 1 aliphatic rings. The third kappa shape index (κ3) is 6.41. The number of ether oxygens (including phenoxy) is 1. The minimum Gasteiger partial charge on any atom is -0.381 e. The number of rotatable bonds is 10. The number of hydrogen-bond donors (Lipinski definition) is 2. The van der Waals surface area contributed by atoms with Gasteiger partial charge in [-0.05, 0) is 37.3 Å². The summed E-state index contributed by atoms with van der Waals surface area (Å²) in [5.41, 5.74) is 0.516. The fourth-order valence-corrected chi connectivity index (χ4v) is 3.12. The quantitative estimate of drug-likeness (QED) is 0.610. The van der Waals surface area contributed by atoms with Crippen LogP contribution in [0.3, 0.4) is 0 Å². The largest absolute Gasteiger partial charge is 0.381 e. The van der Waals surface area contributed by atoms with Crippen molar-refractivity contribution >= 4 is 28.3 Å². The molecule has 0 saturated heterocycles. The summed E-state index contributed by atoms with van der Waals surface area (Å²) < 4.78 is 19.1. The molecular weight excluding hydrogens is 369 g/mol. The van der Waals surface area contributed by atoms with Crippen molar-refractivity contribution in [1.82, 2.24) is 10.3 Å². The van der Waals surface area contributed by atoms with Gasteiger partial charge in [0, 0.05) is 25.1 Å². The molecule has 27 heavy (non-hydrogen) atoms. The molecule has 1 aromatic heterocycles. The van der Waals surface area contributed by atoms with Crippen LogP contribution in [0.4, 0.5) is 9.52 Å². The average molecular weight is 391 g/mol. The molecule has 2 aromatic rings. The van der Waals surface area contributed by atoms with Crippen molar-refractivity contribution in [3.63, 3.8) is 0 Å². The number of benzene rings is 1. The zero-order valence-electron chi connectivity index (χ0n) is 14.9. The molecule has 0 unspecified atom stereocenters. The zero-order chi connectivity index (χ0) is 19.1. The summed E-state index contributed by atoms with van der Waals surface area (Å²) in [6, 6.07) is 5.74. The maximum absolute atomic E-state index is 13.6.